The van der Waals surface area contributed by atoms with Crippen LogP contribution >= 0.6 is 22.7 Å². The first kappa shape index (κ1) is 21.7. The van der Waals surface area contributed by atoms with Gasteiger partial charge < -0.3 is 24.3 Å². The second kappa shape index (κ2) is 9.64. The van der Waals surface area contributed by atoms with E-state index in [9.17, 15) is 9.59 Å². The maximum Gasteiger partial charge on any atom is 0.341 e. The number of rotatable bonds is 8. The molecule has 9 heteroatoms. The molecule has 2 heterocycles. The van der Waals surface area contributed by atoms with Crippen molar-refractivity contribution in [2.24, 2.45) is 0 Å². The molecular formula is C21H21NO6S2. The molecule has 30 heavy (non-hydrogen) atoms. The normalized spacial score (nSPS) is 10.4. The first-order valence-corrected chi connectivity index (χ1v) is 10.7. The zero-order chi connectivity index (χ0) is 21.7. The van der Waals surface area contributed by atoms with Gasteiger partial charge in [-0.25, -0.2) is 4.79 Å². The maximum atomic E-state index is 13.0. The summed E-state index contributed by atoms with van der Waals surface area (Å²) in [4.78, 5) is 26.5. The van der Waals surface area contributed by atoms with Crippen molar-refractivity contribution < 1.29 is 28.5 Å². The third-order valence-electron chi connectivity index (χ3n) is 4.21. The van der Waals surface area contributed by atoms with E-state index < -0.39 is 11.9 Å². The van der Waals surface area contributed by atoms with E-state index in [1.807, 2.05) is 22.9 Å². The van der Waals surface area contributed by atoms with Crippen molar-refractivity contribution >= 4 is 39.6 Å². The molecule has 158 valence electrons. The number of benzene rings is 1. The van der Waals surface area contributed by atoms with Gasteiger partial charge >= 0.3 is 5.97 Å². The van der Waals surface area contributed by atoms with Crippen LogP contribution in [0, 0.1) is 0 Å². The summed E-state index contributed by atoms with van der Waals surface area (Å²) in [6.07, 6.45) is 0. The minimum absolute atomic E-state index is 0.235. The minimum Gasteiger partial charge on any atom is -0.493 e. The second-order valence-corrected chi connectivity index (χ2v) is 7.75. The third kappa shape index (κ3) is 4.27. The Hall–Kier alpha value is -3.04. The molecule has 0 radical (unpaired) electrons. The third-order valence-corrected chi connectivity index (χ3v) is 6.01. The summed E-state index contributed by atoms with van der Waals surface area (Å²) in [6, 6.07) is 6.92. The summed E-state index contributed by atoms with van der Waals surface area (Å²) in [7, 11) is 4.44. The van der Waals surface area contributed by atoms with Gasteiger partial charge in [0, 0.05) is 21.4 Å². The van der Waals surface area contributed by atoms with Gasteiger partial charge in [0.25, 0.3) is 5.91 Å². The molecule has 0 aliphatic heterocycles. The van der Waals surface area contributed by atoms with Crippen molar-refractivity contribution in [3.05, 3.63) is 46.2 Å². The molecule has 0 saturated heterocycles. The first-order valence-electron chi connectivity index (χ1n) is 8.97. The van der Waals surface area contributed by atoms with E-state index >= 15 is 0 Å². The highest BCUT2D eigenvalue weighted by Crippen LogP contribution is 2.40. The molecule has 0 aliphatic carbocycles. The number of hydrogen-bond acceptors (Lipinski definition) is 8. The van der Waals surface area contributed by atoms with Crippen molar-refractivity contribution in [2.45, 2.75) is 6.92 Å². The van der Waals surface area contributed by atoms with Crippen LogP contribution in [0.25, 0.3) is 10.4 Å². The number of ether oxygens (including phenoxy) is 4. The highest BCUT2D eigenvalue weighted by Gasteiger charge is 2.24. The molecule has 1 aromatic carbocycles. The monoisotopic (exact) mass is 447 g/mol. The Morgan fingerprint density at radius 2 is 1.73 bits per heavy atom. The summed E-state index contributed by atoms with van der Waals surface area (Å²) in [6.45, 7) is 1.97. The van der Waals surface area contributed by atoms with Gasteiger partial charge in [-0.1, -0.05) is 6.07 Å². The van der Waals surface area contributed by atoms with Crippen LogP contribution in [0.3, 0.4) is 0 Å². The zero-order valence-corrected chi connectivity index (χ0v) is 18.6. The van der Waals surface area contributed by atoms with E-state index in [0.717, 1.165) is 10.4 Å². The van der Waals surface area contributed by atoms with Crippen molar-refractivity contribution in [2.75, 3.05) is 33.3 Å². The number of esters is 1. The van der Waals surface area contributed by atoms with E-state index in [-0.39, 0.29) is 6.61 Å². The lowest BCUT2D eigenvalue weighted by molar-refractivity contribution is 0.0529. The van der Waals surface area contributed by atoms with Gasteiger partial charge in [0.1, 0.15) is 10.6 Å². The average molecular weight is 448 g/mol. The summed E-state index contributed by atoms with van der Waals surface area (Å²) in [5.74, 6) is 0.206. The Bertz CT molecular complexity index is 1020. The zero-order valence-electron chi connectivity index (χ0n) is 16.9. The summed E-state index contributed by atoms with van der Waals surface area (Å²) >= 11 is 2.77. The first-order chi connectivity index (χ1) is 14.5. The van der Waals surface area contributed by atoms with Crippen LogP contribution in [0.4, 0.5) is 5.00 Å². The van der Waals surface area contributed by atoms with Gasteiger partial charge in [-0.15, -0.1) is 22.7 Å². The predicted octanol–water partition coefficient (Wildman–Crippen LogP) is 4.93. The number of carbonyl (C=O) groups excluding carboxylic acids is 2. The molecule has 2 aromatic heterocycles. The molecule has 3 rings (SSSR count). The average Bonchev–Trinajstić information content (AvgIpc) is 3.42. The SMILES string of the molecule is CCOC(=O)c1c(-c2cccs2)csc1NC(=O)c1cc(OC)c(OC)c(OC)c1. The standard InChI is InChI=1S/C21H21NO6S2/c1-5-28-21(24)17-13(16-7-6-8-29-16)11-30-20(17)22-19(23)12-9-14(25-2)18(27-4)15(10-12)26-3/h6-11H,5H2,1-4H3,(H,22,23). The Kier molecular flexibility index (Phi) is 6.96. The molecule has 0 saturated carbocycles. The number of hydrogen-bond donors (Lipinski definition) is 1. The number of carbonyl (C=O) groups is 2. The molecule has 1 N–H and O–H groups in total. The number of thiophene rings is 2. The fourth-order valence-electron chi connectivity index (χ4n) is 2.86. The Balaban J connectivity index is 1.98. The van der Waals surface area contributed by atoms with Gasteiger partial charge in [0.05, 0.1) is 27.9 Å². The second-order valence-electron chi connectivity index (χ2n) is 5.92. The van der Waals surface area contributed by atoms with E-state index in [4.69, 9.17) is 18.9 Å². The van der Waals surface area contributed by atoms with E-state index in [1.54, 1.807) is 19.1 Å². The van der Waals surface area contributed by atoms with E-state index in [0.29, 0.717) is 33.4 Å². The molecule has 0 fully saturated rings. The highest BCUT2D eigenvalue weighted by molar-refractivity contribution is 7.17. The molecule has 7 nitrogen and oxygen atoms in total. The largest absolute Gasteiger partial charge is 0.493 e. The van der Waals surface area contributed by atoms with Gasteiger partial charge in [0.15, 0.2) is 11.5 Å². The highest BCUT2D eigenvalue weighted by atomic mass is 32.1. The number of nitrogens with one attached hydrogen (secondary N) is 1. The van der Waals surface area contributed by atoms with Gasteiger partial charge in [-0.2, -0.15) is 0 Å². The van der Waals surface area contributed by atoms with Gasteiger partial charge in [0.2, 0.25) is 5.75 Å². The summed E-state index contributed by atoms with van der Waals surface area (Å²) in [5, 5.41) is 7.00. The van der Waals surface area contributed by atoms with Crippen molar-refractivity contribution in [1.82, 2.24) is 0 Å². The fourth-order valence-corrected chi connectivity index (χ4v) is 4.62. The molecule has 0 spiro atoms. The van der Waals surface area contributed by atoms with Crippen molar-refractivity contribution in [3.8, 4) is 27.7 Å². The molecule has 0 unspecified atom stereocenters. The van der Waals surface area contributed by atoms with Crippen LogP contribution in [-0.4, -0.2) is 39.8 Å². The minimum atomic E-state index is -0.484. The smallest absolute Gasteiger partial charge is 0.341 e. The van der Waals surface area contributed by atoms with Crippen LogP contribution in [0.15, 0.2) is 35.0 Å². The van der Waals surface area contributed by atoms with E-state index in [1.165, 1.54) is 44.0 Å². The van der Waals surface area contributed by atoms with Crippen LogP contribution in [0.5, 0.6) is 17.2 Å². The van der Waals surface area contributed by atoms with Crippen LogP contribution < -0.4 is 19.5 Å². The van der Waals surface area contributed by atoms with Crippen LogP contribution in [-0.2, 0) is 4.74 Å². The molecule has 0 atom stereocenters. The predicted molar refractivity (Wildman–Crippen MR) is 118 cm³/mol. The topological polar surface area (TPSA) is 83.1 Å². The number of methoxy groups -OCH3 is 3. The summed E-state index contributed by atoms with van der Waals surface area (Å²) < 4.78 is 21.1. The Morgan fingerprint density at radius 3 is 2.27 bits per heavy atom. The molecule has 0 aliphatic rings. The quantitative estimate of drug-likeness (QED) is 0.493. The number of amides is 1. The maximum absolute atomic E-state index is 13.0. The Labute approximate surface area is 182 Å². The molecule has 1 amide bonds. The molecule has 0 bridgehead atoms. The van der Waals surface area contributed by atoms with Gasteiger partial charge in [-0.3, -0.25) is 4.79 Å². The fraction of sp³-hybridized carbons (Fsp3) is 0.238. The van der Waals surface area contributed by atoms with Gasteiger partial charge in [-0.05, 0) is 30.5 Å². The summed E-state index contributed by atoms with van der Waals surface area (Å²) in [5.41, 5.74) is 1.36. The van der Waals surface area contributed by atoms with E-state index in [2.05, 4.69) is 5.32 Å². The van der Waals surface area contributed by atoms with Crippen molar-refractivity contribution in [3.63, 3.8) is 0 Å². The lowest BCUT2D eigenvalue weighted by Crippen LogP contribution is -2.15. The Morgan fingerprint density at radius 1 is 1.03 bits per heavy atom. The lowest BCUT2D eigenvalue weighted by Gasteiger charge is -2.14. The lowest BCUT2D eigenvalue weighted by atomic mass is 10.1. The van der Waals surface area contributed by atoms with Crippen LogP contribution in [0.2, 0.25) is 0 Å². The molecular weight excluding hydrogens is 426 g/mol. The number of anilines is 1. The van der Waals surface area contributed by atoms with Crippen molar-refractivity contribution in [1.29, 1.82) is 0 Å². The molecule has 3 aromatic rings. The van der Waals surface area contributed by atoms with Crippen LogP contribution in [0.1, 0.15) is 27.6 Å².